The van der Waals surface area contributed by atoms with Crippen LogP contribution in [0.2, 0.25) is 0 Å². The number of aliphatic hydroxyl groups is 1. The highest BCUT2D eigenvalue weighted by Crippen LogP contribution is 2.16. The summed E-state index contributed by atoms with van der Waals surface area (Å²) in [4.78, 5) is 21.2. The summed E-state index contributed by atoms with van der Waals surface area (Å²) in [5, 5.41) is 11.8. The molecule has 1 amide bonds. The summed E-state index contributed by atoms with van der Waals surface area (Å²) in [6.07, 6.45) is 3.95. The summed E-state index contributed by atoms with van der Waals surface area (Å²) in [6, 6.07) is 9.19. The molecule has 0 aliphatic rings. The first-order valence-electron chi connectivity index (χ1n) is 8.39. The van der Waals surface area contributed by atoms with Crippen LogP contribution in [0, 0.1) is 5.92 Å². The minimum absolute atomic E-state index is 0.112. The van der Waals surface area contributed by atoms with Gasteiger partial charge >= 0.3 is 0 Å². The highest BCUT2D eigenvalue weighted by molar-refractivity contribution is 6.05. The SMILES string of the molecule is CC(C)Cn1cnc2cc(C(=O)Nc3ccc(CCO)cc3)cnc21. The number of nitrogens with zero attached hydrogens (tertiary/aromatic N) is 3. The largest absolute Gasteiger partial charge is 0.396 e. The van der Waals surface area contributed by atoms with Crippen LogP contribution in [0.25, 0.3) is 11.2 Å². The number of imidazole rings is 1. The maximum Gasteiger partial charge on any atom is 0.257 e. The van der Waals surface area contributed by atoms with Crippen LogP contribution < -0.4 is 5.32 Å². The maximum absolute atomic E-state index is 12.4. The molecule has 3 rings (SSSR count). The van der Waals surface area contributed by atoms with Crippen LogP contribution in [0.1, 0.15) is 29.8 Å². The van der Waals surface area contributed by atoms with Gasteiger partial charge in [-0.2, -0.15) is 0 Å². The van der Waals surface area contributed by atoms with Gasteiger partial charge in [0.2, 0.25) is 0 Å². The van der Waals surface area contributed by atoms with Crippen LogP contribution in [-0.2, 0) is 13.0 Å². The first kappa shape index (κ1) is 17.1. The number of benzene rings is 1. The molecule has 0 aliphatic heterocycles. The third kappa shape index (κ3) is 4.03. The molecule has 1 aromatic carbocycles. The Morgan fingerprint density at radius 3 is 2.68 bits per heavy atom. The molecule has 2 heterocycles. The third-order valence-electron chi connectivity index (χ3n) is 3.89. The summed E-state index contributed by atoms with van der Waals surface area (Å²) in [5.41, 5.74) is 3.71. The molecule has 2 N–H and O–H groups in total. The van der Waals surface area contributed by atoms with Crippen molar-refractivity contribution in [3.05, 3.63) is 54.0 Å². The van der Waals surface area contributed by atoms with Crippen LogP contribution in [0.4, 0.5) is 5.69 Å². The number of hydrogen-bond donors (Lipinski definition) is 2. The minimum Gasteiger partial charge on any atom is -0.396 e. The van der Waals surface area contributed by atoms with E-state index < -0.39 is 0 Å². The minimum atomic E-state index is -0.220. The number of nitrogens with one attached hydrogen (secondary N) is 1. The van der Waals surface area contributed by atoms with E-state index >= 15 is 0 Å². The van der Waals surface area contributed by atoms with Crippen molar-refractivity contribution in [3.63, 3.8) is 0 Å². The maximum atomic E-state index is 12.4. The third-order valence-corrected chi connectivity index (χ3v) is 3.89. The summed E-state index contributed by atoms with van der Waals surface area (Å²) < 4.78 is 2.00. The van der Waals surface area contributed by atoms with Crippen LogP contribution >= 0.6 is 0 Å². The summed E-state index contributed by atoms with van der Waals surface area (Å²) in [6.45, 7) is 5.23. The number of rotatable bonds is 6. The Balaban J connectivity index is 1.75. The number of anilines is 1. The van der Waals surface area contributed by atoms with Crippen molar-refractivity contribution in [2.45, 2.75) is 26.8 Å². The number of aromatic nitrogens is 3. The van der Waals surface area contributed by atoms with Gasteiger partial charge in [-0.25, -0.2) is 9.97 Å². The zero-order valence-electron chi connectivity index (χ0n) is 14.4. The van der Waals surface area contributed by atoms with Gasteiger partial charge < -0.3 is 15.0 Å². The zero-order valence-corrected chi connectivity index (χ0v) is 14.4. The zero-order chi connectivity index (χ0) is 17.8. The normalized spacial score (nSPS) is 11.2. The second kappa shape index (κ2) is 7.44. The molecule has 0 fully saturated rings. The van der Waals surface area contributed by atoms with E-state index in [1.165, 1.54) is 0 Å². The van der Waals surface area contributed by atoms with Crippen molar-refractivity contribution in [2.75, 3.05) is 11.9 Å². The summed E-state index contributed by atoms with van der Waals surface area (Å²) >= 11 is 0. The molecule has 6 nitrogen and oxygen atoms in total. The second-order valence-electron chi connectivity index (χ2n) is 6.48. The monoisotopic (exact) mass is 338 g/mol. The molecule has 25 heavy (non-hydrogen) atoms. The van der Waals surface area contributed by atoms with E-state index in [1.807, 2.05) is 28.8 Å². The van der Waals surface area contributed by atoms with E-state index in [9.17, 15) is 4.79 Å². The van der Waals surface area contributed by atoms with Crippen molar-refractivity contribution >= 4 is 22.8 Å². The first-order chi connectivity index (χ1) is 12.1. The number of carbonyl (C=O) groups is 1. The van der Waals surface area contributed by atoms with E-state index in [1.54, 1.807) is 18.6 Å². The molecule has 6 heteroatoms. The smallest absolute Gasteiger partial charge is 0.257 e. The molecular formula is C19H22N4O2. The Morgan fingerprint density at radius 1 is 1.24 bits per heavy atom. The predicted octanol–water partition coefficient (Wildman–Crippen LogP) is 2.87. The Morgan fingerprint density at radius 2 is 2.00 bits per heavy atom. The van der Waals surface area contributed by atoms with E-state index in [0.717, 1.165) is 17.8 Å². The quantitative estimate of drug-likeness (QED) is 0.724. The van der Waals surface area contributed by atoms with Gasteiger partial charge in [0.25, 0.3) is 5.91 Å². The average Bonchev–Trinajstić information content (AvgIpc) is 2.98. The van der Waals surface area contributed by atoms with Gasteiger partial charge in [-0.05, 0) is 36.1 Å². The lowest BCUT2D eigenvalue weighted by atomic mass is 10.1. The average molecular weight is 338 g/mol. The van der Waals surface area contributed by atoms with Crippen molar-refractivity contribution in [1.82, 2.24) is 14.5 Å². The lowest BCUT2D eigenvalue weighted by molar-refractivity contribution is 0.102. The lowest BCUT2D eigenvalue weighted by Crippen LogP contribution is -2.12. The molecule has 130 valence electrons. The number of amides is 1. The predicted molar refractivity (Wildman–Crippen MR) is 97.6 cm³/mol. The molecule has 0 saturated heterocycles. The first-order valence-corrected chi connectivity index (χ1v) is 8.39. The van der Waals surface area contributed by atoms with Crippen LogP contribution in [0.15, 0.2) is 42.9 Å². The Bertz CT molecular complexity index is 869. The van der Waals surface area contributed by atoms with Crippen LogP contribution in [0.5, 0.6) is 0 Å². The van der Waals surface area contributed by atoms with Gasteiger partial charge in [-0.3, -0.25) is 4.79 Å². The molecule has 0 saturated carbocycles. The molecule has 3 aromatic rings. The molecular weight excluding hydrogens is 316 g/mol. The van der Waals surface area contributed by atoms with Gasteiger partial charge in [0.1, 0.15) is 5.52 Å². The Kier molecular flexibility index (Phi) is 5.09. The molecule has 0 bridgehead atoms. The standard InChI is InChI=1S/C19H22N4O2/c1-13(2)11-23-12-21-17-9-15(10-20-18(17)23)19(25)22-16-5-3-14(4-6-16)7-8-24/h3-6,9-10,12-13,24H,7-8,11H2,1-2H3,(H,22,25). The van der Waals surface area contributed by atoms with Crippen molar-refractivity contribution in [2.24, 2.45) is 5.92 Å². The summed E-state index contributed by atoms with van der Waals surface area (Å²) in [7, 11) is 0. The van der Waals surface area contributed by atoms with Gasteiger partial charge in [0, 0.05) is 25.0 Å². The fourth-order valence-electron chi connectivity index (χ4n) is 2.69. The molecule has 0 radical (unpaired) electrons. The number of pyridine rings is 1. The number of fused-ring (bicyclic) bond motifs is 1. The van der Waals surface area contributed by atoms with Crippen molar-refractivity contribution in [1.29, 1.82) is 0 Å². The molecule has 0 unspecified atom stereocenters. The van der Waals surface area contributed by atoms with Gasteiger partial charge in [-0.1, -0.05) is 26.0 Å². The topological polar surface area (TPSA) is 80.0 Å². The van der Waals surface area contributed by atoms with Gasteiger partial charge in [-0.15, -0.1) is 0 Å². The lowest BCUT2D eigenvalue weighted by Gasteiger charge is -2.08. The fraction of sp³-hybridized carbons (Fsp3) is 0.316. The second-order valence-corrected chi connectivity index (χ2v) is 6.48. The van der Waals surface area contributed by atoms with Gasteiger partial charge in [0.05, 0.1) is 11.9 Å². The number of carbonyl (C=O) groups excluding carboxylic acids is 1. The van der Waals surface area contributed by atoms with E-state index in [-0.39, 0.29) is 12.5 Å². The molecule has 0 spiro atoms. The summed E-state index contributed by atoms with van der Waals surface area (Å²) in [5.74, 6) is 0.277. The van der Waals surface area contributed by atoms with Crippen molar-refractivity contribution < 1.29 is 9.90 Å². The number of aliphatic hydroxyl groups excluding tert-OH is 1. The van der Waals surface area contributed by atoms with Crippen molar-refractivity contribution in [3.8, 4) is 0 Å². The Labute approximate surface area is 146 Å². The molecule has 2 aromatic heterocycles. The van der Waals surface area contributed by atoms with Crippen LogP contribution in [-0.4, -0.2) is 32.2 Å². The molecule has 0 aliphatic carbocycles. The Hall–Kier alpha value is -2.73. The fourth-order valence-corrected chi connectivity index (χ4v) is 2.69. The number of hydrogen-bond acceptors (Lipinski definition) is 4. The van der Waals surface area contributed by atoms with Crippen LogP contribution in [0.3, 0.4) is 0 Å². The highest BCUT2D eigenvalue weighted by atomic mass is 16.3. The van der Waals surface area contributed by atoms with E-state index in [2.05, 4.69) is 29.1 Å². The van der Waals surface area contributed by atoms with E-state index in [0.29, 0.717) is 29.1 Å². The van der Waals surface area contributed by atoms with E-state index in [4.69, 9.17) is 5.11 Å². The highest BCUT2D eigenvalue weighted by Gasteiger charge is 2.11. The van der Waals surface area contributed by atoms with Gasteiger partial charge in [0.15, 0.2) is 5.65 Å². The molecule has 0 atom stereocenters.